The van der Waals surface area contributed by atoms with Crippen molar-refractivity contribution in [1.82, 2.24) is 35.3 Å². The van der Waals surface area contributed by atoms with Gasteiger partial charge in [-0.25, -0.2) is 9.78 Å². The highest BCUT2D eigenvalue weighted by Gasteiger charge is 2.61. The van der Waals surface area contributed by atoms with Crippen LogP contribution in [-0.2, 0) is 26.2 Å². The SMILES string of the molecule is CC(C)[C@H](O)C(=O)N[C@H]1CCCCC/C=C/[C@@H]2C[C@@]2(C(=O)O)NC(=O)[C@@H]2C[C@@H](Oc3nc(-c4ccnn4C)nc4ccsc34)CN2C1=O. The van der Waals surface area contributed by atoms with Crippen LogP contribution in [0.25, 0.3) is 21.7 Å². The number of aromatic nitrogens is 4. The Balaban J connectivity index is 1.32. The molecule has 0 aromatic carbocycles. The molecule has 0 spiro atoms. The summed E-state index contributed by atoms with van der Waals surface area (Å²) in [5.74, 6) is -2.91. The highest BCUT2D eigenvalue weighted by molar-refractivity contribution is 7.17. The van der Waals surface area contributed by atoms with E-state index in [9.17, 15) is 29.4 Å². The summed E-state index contributed by atoms with van der Waals surface area (Å²) in [6.45, 7) is 3.41. The van der Waals surface area contributed by atoms with E-state index in [1.54, 1.807) is 37.8 Å². The van der Waals surface area contributed by atoms with Crippen molar-refractivity contribution in [2.24, 2.45) is 18.9 Å². The van der Waals surface area contributed by atoms with E-state index < -0.39 is 53.5 Å². The van der Waals surface area contributed by atoms with Crippen molar-refractivity contribution < 1.29 is 34.1 Å². The lowest BCUT2D eigenvalue weighted by atomic mass is 10.0. The summed E-state index contributed by atoms with van der Waals surface area (Å²) in [5, 5.41) is 32.2. The zero-order valence-electron chi connectivity index (χ0n) is 27.2. The lowest BCUT2D eigenvalue weighted by Crippen LogP contribution is -2.57. The van der Waals surface area contributed by atoms with E-state index in [1.165, 1.54) is 16.2 Å². The van der Waals surface area contributed by atoms with Crippen LogP contribution in [-0.4, -0.2) is 94.9 Å². The molecule has 1 saturated carbocycles. The number of hydrogen-bond donors (Lipinski definition) is 4. The van der Waals surface area contributed by atoms with Gasteiger partial charge in [-0.2, -0.15) is 10.1 Å². The molecule has 48 heavy (non-hydrogen) atoms. The van der Waals surface area contributed by atoms with Gasteiger partial charge in [0.2, 0.25) is 23.6 Å². The normalized spacial score (nSPS) is 27.7. The number of carboxylic acid groups (broad SMARTS) is 1. The topological polar surface area (TPSA) is 189 Å². The monoisotopic (exact) mass is 679 g/mol. The number of amides is 3. The number of aryl methyl sites for hydroxylation is 1. The minimum Gasteiger partial charge on any atom is -0.479 e. The van der Waals surface area contributed by atoms with E-state index in [0.717, 1.165) is 19.3 Å². The molecule has 1 saturated heterocycles. The zero-order valence-corrected chi connectivity index (χ0v) is 28.0. The number of aliphatic hydroxyl groups excluding tert-OH is 1. The van der Waals surface area contributed by atoms with Crippen molar-refractivity contribution in [3.05, 3.63) is 35.9 Å². The van der Waals surface area contributed by atoms with Gasteiger partial charge in [0.15, 0.2) is 5.82 Å². The molecule has 6 rings (SSSR count). The minimum atomic E-state index is -1.45. The van der Waals surface area contributed by atoms with Gasteiger partial charge in [-0.3, -0.25) is 19.1 Å². The maximum absolute atomic E-state index is 14.3. The Kier molecular flexibility index (Phi) is 9.52. The Morgan fingerprint density at radius 1 is 1.19 bits per heavy atom. The second-order valence-corrected chi connectivity index (χ2v) is 14.1. The maximum atomic E-state index is 14.3. The van der Waals surface area contributed by atoms with Crippen LogP contribution >= 0.6 is 11.3 Å². The van der Waals surface area contributed by atoms with Crippen LogP contribution in [0.5, 0.6) is 5.88 Å². The molecule has 3 aliphatic rings. The van der Waals surface area contributed by atoms with Crippen molar-refractivity contribution in [3.63, 3.8) is 0 Å². The lowest BCUT2D eigenvalue weighted by molar-refractivity contribution is -0.146. The number of ether oxygens (including phenoxy) is 1. The first-order chi connectivity index (χ1) is 23.0. The third-order valence-electron chi connectivity index (χ3n) is 9.44. The molecule has 4 N–H and O–H groups in total. The summed E-state index contributed by atoms with van der Waals surface area (Å²) in [5.41, 5.74) is -0.106. The molecule has 15 heteroatoms. The number of rotatable bonds is 7. The second kappa shape index (κ2) is 13.6. The summed E-state index contributed by atoms with van der Waals surface area (Å²) < 4.78 is 8.81. The van der Waals surface area contributed by atoms with Crippen molar-refractivity contribution in [2.75, 3.05) is 6.54 Å². The third-order valence-corrected chi connectivity index (χ3v) is 10.3. The number of carbonyl (C=O) groups is 4. The van der Waals surface area contributed by atoms with Gasteiger partial charge in [-0.1, -0.05) is 38.8 Å². The van der Waals surface area contributed by atoms with Crippen LogP contribution in [0.3, 0.4) is 0 Å². The molecule has 0 bridgehead atoms. The molecule has 0 radical (unpaired) electrons. The zero-order chi connectivity index (χ0) is 34.2. The molecule has 2 fully saturated rings. The number of nitrogens with zero attached hydrogens (tertiary/aromatic N) is 5. The Bertz CT molecular complexity index is 1740. The standard InChI is InChI=1S/C33H41N7O7S/c1-18(2)25(41)29(43)36-22-10-8-6-4-5-7-9-19-16-33(19,32(45)46)38-28(42)24-15-20(17-40(24)31(22)44)47-30-26-21(12-14-48-26)35-27(37-30)23-11-13-34-39(23)3/h7,9,11-14,18-20,22,24-25,41H,4-6,8,10,15-17H2,1-3H3,(H,36,43)(H,38,42)(H,45,46)/b9-7+/t19-,20-,22+,24+,25+,33-/m1/s1. The summed E-state index contributed by atoms with van der Waals surface area (Å²) in [7, 11) is 1.78. The number of thiophene rings is 1. The first kappa shape index (κ1) is 33.5. The number of hydrogen-bond acceptors (Lipinski definition) is 10. The largest absolute Gasteiger partial charge is 0.479 e. The van der Waals surface area contributed by atoms with E-state index in [-0.39, 0.29) is 31.2 Å². The molecule has 3 aromatic heterocycles. The molecule has 1 aliphatic carbocycles. The Morgan fingerprint density at radius 3 is 2.73 bits per heavy atom. The number of carboxylic acids is 1. The van der Waals surface area contributed by atoms with Gasteiger partial charge in [-0.05, 0) is 49.1 Å². The molecule has 3 aromatic rings. The first-order valence-corrected chi connectivity index (χ1v) is 17.3. The summed E-state index contributed by atoms with van der Waals surface area (Å²) in [6.07, 6.45) is 7.04. The smallest absolute Gasteiger partial charge is 0.330 e. The molecular formula is C33H41N7O7S. The van der Waals surface area contributed by atoms with Crippen LogP contribution in [0.15, 0.2) is 35.9 Å². The van der Waals surface area contributed by atoms with E-state index in [1.807, 2.05) is 23.6 Å². The highest BCUT2D eigenvalue weighted by Crippen LogP contribution is 2.45. The van der Waals surface area contributed by atoms with E-state index in [0.29, 0.717) is 40.5 Å². The molecule has 2 aliphatic heterocycles. The van der Waals surface area contributed by atoms with Crippen LogP contribution < -0.4 is 15.4 Å². The first-order valence-electron chi connectivity index (χ1n) is 16.4. The van der Waals surface area contributed by atoms with Gasteiger partial charge in [0.1, 0.15) is 40.2 Å². The summed E-state index contributed by atoms with van der Waals surface area (Å²) >= 11 is 1.40. The fourth-order valence-electron chi connectivity index (χ4n) is 6.49. The molecule has 0 unspecified atom stereocenters. The summed E-state index contributed by atoms with van der Waals surface area (Å²) in [6, 6.07) is 1.58. The number of allylic oxidation sites excluding steroid dienone is 1. The number of fused-ring (bicyclic) bond motifs is 3. The van der Waals surface area contributed by atoms with Crippen LogP contribution in [0, 0.1) is 11.8 Å². The predicted molar refractivity (Wildman–Crippen MR) is 176 cm³/mol. The van der Waals surface area contributed by atoms with Crippen molar-refractivity contribution in [3.8, 4) is 17.4 Å². The average Bonchev–Trinajstić information content (AvgIpc) is 3.43. The quantitative estimate of drug-likeness (QED) is 0.270. The molecule has 14 nitrogen and oxygen atoms in total. The Labute approximate surface area is 281 Å². The van der Waals surface area contributed by atoms with E-state index in [2.05, 4.69) is 20.7 Å². The Hall–Kier alpha value is -4.37. The third kappa shape index (κ3) is 6.65. The predicted octanol–water partition coefficient (Wildman–Crippen LogP) is 2.42. The van der Waals surface area contributed by atoms with Gasteiger partial charge in [-0.15, -0.1) is 11.3 Å². The molecule has 5 heterocycles. The molecule has 3 amide bonds. The molecule has 256 valence electrons. The van der Waals surface area contributed by atoms with Crippen molar-refractivity contribution >= 4 is 45.2 Å². The van der Waals surface area contributed by atoms with E-state index in [4.69, 9.17) is 9.72 Å². The molecular weight excluding hydrogens is 638 g/mol. The van der Waals surface area contributed by atoms with Crippen LogP contribution in [0.2, 0.25) is 0 Å². The van der Waals surface area contributed by atoms with Gasteiger partial charge in [0, 0.05) is 25.6 Å². The number of aliphatic hydroxyl groups is 1. The van der Waals surface area contributed by atoms with Gasteiger partial charge < -0.3 is 30.5 Å². The van der Waals surface area contributed by atoms with Gasteiger partial charge in [0.05, 0.1) is 12.1 Å². The average molecular weight is 680 g/mol. The second-order valence-electron chi connectivity index (χ2n) is 13.2. The lowest BCUT2D eigenvalue weighted by Gasteiger charge is -2.30. The van der Waals surface area contributed by atoms with Gasteiger partial charge >= 0.3 is 5.97 Å². The number of carbonyl (C=O) groups excluding carboxylic acids is 3. The van der Waals surface area contributed by atoms with E-state index >= 15 is 0 Å². The summed E-state index contributed by atoms with van der Waals surface area (Å²) in [4.78, 5) is 64.4. The van der Waals surface area contributed by atoms with Crippen LogP contribution in [0.4, 0.5) is 0 Å². The van der Waals surface area contributed by atoms with Crippen molar-refractivity contribution in [1.29, 1.82) is 0 Å². The highest BCUT2D eigenvalue weighted by atomic mass is 32.1. The Morgan fingerprint density at radius 2 is 2.00 bits per heavy atom. The van der Waals surface area contributed by atoms with Gasteiger partial charge in [0.25, 0.3) is 0 Å². The number of nitrogens with one attached hydrogen (secondary N) is 2. The number of aliphatic carboxylic acids is 1. The fraction of sp³-hybridized carbons (Fsp3) is 0.545. The van der Waals surface area contributed by atoms with Crippen LogP contribution in [0.1, 0.15) is 58.8 Å². The fourth-order valence-corrected chi connectivity index (χ4v) is 7.25. The minimum absolute atomic E-state index is 0.00264. The van der Waals surface area contributed by atoms with Crippen molar-refractivity contribution in [2.45, 2.75) is 88.6 Å². The maximum Gasteiger partial charge on any atom is 0.330 e. The molecule has 6 atom stereocenters.